The lowest BCUT2D eigenvalue weighted by atomic mass is 10.0. The Balaban J connectivity index is 1.92. The van der Waals surface area contributed by atoms with E-state index in [4.69, 9.17) is 18.5 Å². The molecule has 1 aromatic rings. The SMILES string of the molecule is CCCCCCCCCCCCCCCCOCC(COP(=O)(O)OCC[n+]1ccccc1)OC. The molecule has 0 aliphatic carbocycles. The van der Waals surface area contributed by atoms with Crippen molar-refractivity contribution in [3.05, 3.63) is 30.6 Å². The largest absolute Gasteiger partial charge is 0.472 e. The molecule has 0 amide bonds. The van der Waals surface area contributed by atoms with Crippen LogP contribution in [0.15, 0.2) is 30.6 Å². The van der Waals surface area contributed by atoms with Crippen LogP contribution in [0.2, 0.25) is 0 Å². The van der Waals surface area contributed by atoms with Crippen molar-refractivity contribution < 1.29 is 32.5 Å². The summed E-state index contributed by atoms with van der Waals surface area (Å²) in [5, 5.41) is 0. The van der Waals surface area contributed by atoms with Gasteiger partial charge in [0.25, 0.3) is 0 Å². The van der Waals surface area contributed by atoms with Gasteiger partial charge in [-0.05, 0) is 6.42 Å². The number of pyridine rings is 1. The number of ether oxygens (including phenoxy) is 2. The van der Waals surface area contributed by atoms with Crippen LogP contribution in [0.25, 0.3) is 0 Å². The second-order valence-electron chi connectivity index (χ2n) is 9.24. The van der Waals surface area contributed by atoms with Gasteiger partial charge < -0.3 is 14.4 Å². The smallest absolute Gasteiger partial charge is 0.379 e. The van der Waals surface area contributed by atoms with Crippen LogP contribution in [0.4, 0.5) is 0 Å². The Morgan fingerprint density at radius 2 is 1.29 bits per heavy atom. The van der Waals surface area contributed by atoms with Gasteiger partial charge in [0.1, 0.15) is 12.7 Å². The van der Waals surface area contributed by atoms with Gasteiger partial charge >= 0.3 is 7.82 Å². The number of hydrogen-bond donors (Lipinski definition) is 1. The highest BCUT2D eigenvalue weighted by molar-refractivity contribution is 7.47. The summed E-state index contributed by atoms with van der Waals surface area (Å²) in [6.07, 6.45) is 21.9. The van der Waals surface area contributed by atoms with Gasteiger partial charge in [-0.3, -0.25) is 9.05 Å². The summed E-state index contributed by atoms with van der Waals surface area (Å²) in [5.41, 5.74) is 0. The average molecular weight is 517 g/mol. The quantitative estimate of drug-likeness (QED) is 0.0894. The normalized spacial score (nSPS) is 14.1. The second kappa shape index (κ2) is 22.4. The zero-order valence-corrected chi connectivity index (χ0v) is 23.2. The van der Waals surface area contributed by atoms with Crippen LogP contribution >= 0.6 is 7.82 Å². The van der Waals surface area contributed by atoms with Crippen LogP contribution in [0.1, 0.15) is 96.8 Å². The molecular formula is C27H51NO6P+. The minimum Gasteiger partial charge on any atom is -0.379 e. The van der Waals surface area contributed by atoms with Gasteiger partial charge in [-0.25, -0.2) is 9.13 Å². The summed E-state index contributed by atoms with van der Waals surface area (Å²) < 4.78 is 35.0. The van der Waals surface area contributed by atoms with Crippen LogP contribution in [0.3, 0.4) is 0 Å². The van der Waals surface area contributed by atoms with Crippen molar-refractivity contribution in [2.75, 3.05) is 33.5 Å². The predicted molar refractivity (Wildman–Crippen MR) is 140 cm³/mol. The number of rotatable bonds is 25. The maximum atomic E-state index is 12.1. The Kier molecular flexibility index (Phi) is 20.6. The first-order valence-corrected chi connectivity index (χ1v) is 15.2. The maximum Gasteiger partial charge on any atom is 0.472 e. The van der Waals surface area contributed by atoms with E-state index in [9.17, 15) is 9.46 Å². The zero-order chi connectivity index (χ0) is 25.5. The molecule has 1 N–H and O–H groups in total. The average Bonchev–Trinajstić information content (AvgIpc) is 2.86. The third-order valence-electron chi connectivity index (χ3n) is 6.08. The summed E-state index contributed by atoms with van der Waals surface area (Å²) in [6.45, 7) is 3.75. The topological polar surface area (TPSA) is 78.1 Å². The van der Waals surface area contributed by atoms with Gasteiger partial charge in [0, 0.05) is 25.8 Å². The van der Waals surface area contributed by atoms with E-state index in [1.807, 2.05) is 35.2 Å². The number of phosphoric acid groups is 1. The molecule has 0 saturated heterocycles. The lowest BCUT2D eigenvalue weighted by Crippen LogP contribution is -2.34. The fourth-order valence-electron chi connectivity index (χ4n) is 3.86. The van der Waals surface area contributed by atoms with E-state index in [0.29, 0.717) is 19.8 Å². The van der Waals surface area contributed by atoms with Crippen molar-refractivity contribution >= 4 is 7.82 Å². The molecule has 0 aliphatic heterocycles. The van der Waals surface area contributed by atoms with Crippen LogP contribution < -0.4 is 4.57 Å². The molecule has 7 nitrogen and oxygen atoms in total. The Labute approximate surface area is 214 Å². The zero-order valence-electron chi connectivity index (χ0n) is 22.3. The highest BCUT2D eigenvalue weighted by Gasteiger charge is 2.24. The van der Waals surface area contributed by atoms with Crippen LogP contribution in [-0.2, 0) is 29.6 Å². The fraction of sp³-hybridized carbons (Fsp3) is 0.815. The molecule has 0 saturated carbocycles. The Morgan fingerprint density at radius 3 is 1.83 bits per heavy atom. The van der Waals surface area contributed by atoms with Crippen molar-refractivity contribution in [2.45, 2.75) is 109 Å². The molecule has 0 spiro atoms. The standard InChI is InChI=1S/C27H50NO6P/c1-3-4-5-6-7-8-9-10-11-12-13-14-15-19-23-32-25-27(31-2)26-34-35(29,30)33-24-22-28-20-17-16-18-21-28/h16-18,20-21,27H,3-15,19,22-26H2,1-2H3/p+1. The van der Waals surface area contributed by atoms with Crippen molar-refractivity contribution in [1.82, 2.24) is 0 Å². The highest BCUT2D eigenvalue weighted by atomic mass is 31.2. The summed E-state index contributed by atoms with van der Waals surface area (Å²) in [6, 6.07) is 5.68. The fourth-order valence-corrected chi connectivity index (χ4v) is 4.60. The summed E-state index contributed by atoms with van der Waals surface area (Å²) in [4.78, 5) is 9.85. The molecule has 204 valence electrons. The molecule has 0 aromatic carbocycles. The molecule has 8 heteroatoms. The molecule has 2 unspecified atom stereocenters. The number of methoxy groups -OCH3 is 1. The third-order valence-corrected chi connectivity index (χ3v) is 7.07. The van der Waals surface area contributed by atoms with Crippen molar-refractivity contribution in [1.29, 1.82) is 0 Å². The van der Waals surface area contributed by atoms with Gasteiger partial charge in [-0.15, -0.1) is 0 Å². The third kappa shape index (κ3) is 20.0. The molecule has 1 rings (SSSR count). The monoisotopic (exact) mass is 516 g/mol. The molecular weight excluding hydrogens is 465 g/mol. The first-order chi connectivity index (χ1) is 17.1. The van der Waals surface area contributed by atoms with Crippen molar-refractivity contribution in [3.63, 3.8) is 0 Å². The number of phosphoric ester groups is 1. The Hall–Kier alpha value is -0.820. The first-order valence-electron chi connectivity index (χ1n) is 13.7. The molecule has 1 aromatic heterocycles. The summed E-state index contributed by atoms with van der Waals surface area (Å²) in [7, 11) is -2.58. The van der Waals surface area contributed by atoms with E-state index in [1.54, 1.807) is 7.11 Å². The van der Waals surface area contributed by atoms with Crippen molar-refractivity contribution in [3.8, 4) is 0 Å². The molecule has 0 aliphatic rings. The molecule has 1 heterocycles. The Bertz CT molecular complexity index is 633. The molecule has 2 atom stereocenters. The van der Waals surface area contributed by atoms with E-state index < -0.39 is 13.9 Å². The predicted octanol–water partition coefficient (Wildman–Crippen LogP) is 6.62. The highest BCUT2D eigenvalue weighted by Crippen LogP contribution is 2.43. The van der Waals surface area contributed by atoms with Gasteiger partial charge in [-0.1, -0.05) is 96.5 Å². The van der Waals surface area contributed by atoms with E-state index in [0.717, 1.165) is 6.42 Å². The maximum absolute atomic E-state index is 12.1. The second-order valence-corrected chi connectivity index (χ2v) is 10.7. The van der Waals surface area contributed by atoms with E-state index in [1.165, 1.54) is 83.5 Å². The number of unbranched alkanes of at least 4 members (excludes halogenated alkanes) is 13. The summed E-state index contributed by atoms with van der Waals surface area (Å²) >= 11 is 0. The summed E-state index contributed by atoms with van der Waals surface area (Å²) in [5.74, 6) is 0. The van der Waals surface area contributed by atoms with Gasteiger partial charge in [0.05, 0.1) is 13.2 Å². The lowest BCUT2D eigenvalue weighted by Gasteiger charge is -2.17. The Morgan fingerprint density at radius 1 is 0.743 bits per heavy atom. The van der Waals surface area contributed by atoms with Crippen LogP contribution in [-0.4, -0.2) is 44.5 Å². The van der Waals surface area contributed by atoms with Crippen LogP contribution in [0, 0.1) is 0 Å². The van der Waals surface area contributed by atoms with E-state index in [-0.39, 0.29) is 13.2 Å². The number of nitrogens with zero attached hydrogens (tertiary/aromatic N) is 1. The molecule has 0 bridgehead atoms. The number of hydrogen-bond acceptors (Lipinski definition) is 5. The molecule has 35 heavy (non-hydrogen) atoms. The molecule has 0 radical (unpaired) electrons. The minimum absolute atomic E-state index is 0.0541. The van der Waals surface area contributed by atoms with Crippen molar-refractivity contribution in [2.24, 2.45) is 0 Å². The van der Waals surface area contributed by atoms with E-state index in [2.05, 4.69) is 6.92 Å². The van der Waals surface area contributed by atoms with E-state index >= 15 is 0 Å². The lowest BCUT2D eigenvalue weighted by molar-refractivity contribution is -0.697. The number of aromatic nitrogens is 1. The van der Waals surface area contributed by atoms with Gasteiger partial charge in [-0.2, -0.15) is 0 Å². The van der Waals surface area contributed by atoms with Crippen LogP contribution in [0.5, 0.6) is 0 Å². The minimum atomic E-state index is -4.12. The van der Waals surface area contributed by atoms with Gasteiger partial charge in [0.2, 0.25) is 0 Å². The van der Waals surface area contributed by atoms with Gasteiger partial charge in [0.15, 0.2) is 18.9 Å². The first kappa shape index (κ1) is 32.2. The molecule has 0 fully saturated rings.